The highest BCUT2D eigenvalue weighted by atomic mass is 16.5. The quantitative estimate of drug-likeness (QED) is 0.887. The van der Waals surface area contributed by atoms with E-state index in [1.165, 1.54) is 0 Å². The van der Waals surface area contributed by atoms with Gasteiger partial charge in [-0.3, -0.25) is 0 Å². The Labute approximate surface area is 110 Å². The summed E-state index contributed by atoms with van der Waals surface area (Å²) in [4.78, 5) is 0. The molecule has 1 atom stereocenters. The minimum absolute atomic E-state index is 0.240. The van der Waals surface area contributed by atoms with Gasteiger partial charge in [0.1, 0.15) is 36.6 Å². The third kappa shape index (κ3) is 2.48. The topological polar surface area (TPSA) is 58.9 Å². The van der Waals surface area contributed by atoms with Crippen molar-refractivity contribution in [1.82, 2.24) is 0 Å². The SMILES string of the molecule is Oc1ccc(COc2ccc3c(c2)OCC3O)cc1. The average Bonchev–Trinajstić information content (AvgIpc) is 2.79. The molecule has 2 aromatic carbocycles. The molecular weight excluding hydrogens is 244 g/mol. The molecule has 1 unspecified atom stereocenters. The highest BCUT2D eigenvalue weighted by molar-refractivity contribution is 5.44. The molecule has 1 heterocycles. The lowest BCUT2D eigenvalue weighted by Crippen LogP contribution is -1.97. The highest BCUT2D eigenvalue weighted by Gasteiger charge is 2.21. The van der Waals surface area contributed by atoms with E-state index in [1.807, 2.05) is 24.3 Å². The second kappa shape index (κ2) is 4.82. The fraction of sp³-hybridized carbons (Fsp3) is 0.200. The highest BCUT2D eigenvalue weighted by Crippen LogP contribution is 2.35. The lowest BCUT2D eigenvalue weighted by Gasteiger charge is -2.08. The number of benzene rings is 2. The van der Waals surface area contributed by atoms with Gasteiger partial charge in [0.2, 0.25) is 0 Å². The number of hydrogen-bond donors (Lipinski definition) is 2. The number of rotatable bonds is 3. The second-order valence-corrected chi connectivity index (χ2v) is 4.48. The summed E-state index contributed by atoms with van der Waals surface area (Å²) in [5.74, 6) is 1.61. The van der Waals surface area contributed by atoms with Gasteiger partial charge in [0, 0.05) is 11.6 Å². The van der Waals surface area contributed by atoms with E-state index >= 15 is 0 Å². The summed E-state index contributed by atoms with van der Waals surface area (Å²) in [6, 6.07) is 12.3. The van der Waals surface area contributed by atoms with Crippen LogP contribution in [0.5, 0.6) is 17.2 Å². The van der Waals surface area contributed by atoms with E-state index in [4.69, 9.17) is 9.47 Å². The van der Waals surface area contributed by atoms with Crippen molar-refractivity contribution in [3.63, 3.8) is 0 Å². The molecule has 0 fully saturated rings. The smallest absolute Gasteiger partial charge is 0.129 e. The van der Waals surface area contributed by atoms with Crippen LogP contribution in [0.1, 0.15) is 17.2 Å². The fourth-order valence-electron chi connectivity index (χ4n) is 2.02. The molecule has 98 valence electrons. The lowest BCUT2D eigenvalue weighted by atomic mass is 10.1. The van der Waals surface area contributed by atoms with E-state index in [1.54, 1.807) is 18.2 Å². The molecule has 0 saturated heterocycles. The van der Waals surface area contributed by atoms with Crippen molar-refractivity contribution < 1.29 is 19.7 Å². The van der Waals surface area contributed by atoms with Crippen LogP contribution in [0.2, 0.25) is 0 Å². The standard InChI is InChI=1S/C15H14O4/c16-11-3-1-10(2-4-11)8-18-12-5-6-13-14(17)9-19-15(13)7-12/h1-7,14,16-17H,8-9H2. The van der Waals surface area contributed by atoms with Gasteiger partial charge in [-0.15, -0.1) is 0 Å². The van der Waals surface area contributed by atoms with Crippen LogP contribution in [0.15, 0.2) is 42.5 Å². The van der Waals surface area contributed by atoms with E-state index in [0.29, 0.717) is 24.7 Å². The summed E-state index contributed by atoms with van der Waals surface area (Å²) < 4.78 is 11.0. The summed E-state index contributed by atoms with van der Waals surface area (Å²) in [5.41, 5.74) is 1.77. The normalized spacial score (nSPS) is 16.8. The number of fused-ring (bicyclic) bond motifs is 1. The molecule has 0 radical (unpaired) electrons. The molecular formula is C15H14O4. The van der Waals surface area contributed by atoms with Crippen molar-refractivity contribution in [1.29, 1.82) is 0 Å². The number of phenols is 1. The maximum Gasteiger partial charge on any atom is 0.129 e. The Morgan fingerprint density at radius 1 is 1.16 bits per heavy atom. The number of aliphatic hydroxyl groups is 1. The van der Waals surface area contributed by atoms with Crippen molar-refractivity contribution in [2.45, 2.75) is 12.7 Å². The molecule has 0 saturated carbocycles. The number of ether oxygens (including phenoxy) is 2. The molecule has 0 spiro atoms. The first kappa shape index (κ1) is 11.9. The first-order valence-corrected chi connectivity index (χ1v) is 6.08. The minimum Gasteiger partial charge on any atom is -0.508 e. The van der Waals surface area contributed by atoms with Crippen LogP contribution in [0.4, 0.5) is 0 Å². The zero-order valence-corrected chi connectivity index (χ0v) is 10.2. The summed E-state index contributed by atoms with van der Waals surface area (Å²) in [5, 5.41) is 18.8. The van der Waals surface area contributed by atoms with Crippen LogP contribution in [0.3, 0.4) is 0 Å². The molecule has 3 rings (SSSR count). The largest absolute Gasteiger partial charge is 0.508 e. The maximum atomic E-state index is 9.62. The summed E-state index contributed by atoms with van der Waals surface area (Å²) in [7, 11) is 0. The fourth-order valence-corrected chi connectivity index (χ4v) is 2.02. The average molecular weight is 258 g/mol. The van der Waals surface area contributed by atoms with Crippen molar-refractivity contribution in [3.8, 4) is 17.2 Å². The van der Waals surface area contributed by atoms with E-state index in [0.717, 1.165) is 11.1 Å². The molecule has 4 nitrogen and oxygen atoms in total. The number of aliphatic hydroxyl groups excluding tert-OH is 1. The molecule has 0 amide bonds. The van der Waals surface area contributed by atoms with Crippen molar-refractivity contribution >= 4 is 0 Å². The Morgan fingerprint density at radius 3 is 2.74 bits per heavy atom. The molecule has 0 aliphatic carbocycles. The van der Waals surface area contributed by atoms with Crippen LogP contribution in [0.25, 0.3) is 0 Å². The summed E-state index contributed by atoms with van der Waals surface area (Å²) in [6.45, 7) is 0.721. The van der Waals surface area contributed by atoms with E-state index in [9.17, 15) is 10.2 Å². The van der Waals surface area contributed by atoms with Crippen molar-refractivity contribution in [2.24, 2.45) is 0 Å². The van der Waals surface area contributed by atoms with Gasteiger partial charge < -0.3 is 19.7 Å². The first-order valence-electron chi connectivity index (χ1n) is 6.08. The Hall–Kier alpha value is -2.20. The van der Waals surface area contributed by atoms with Crippen LogP contribution >= 0.6 is 0 Å². The monoisotopic (exact) mass is 258 g/mol. The Bertz CT molecular complexity index is 577. The van der Waals surface area contributed by atoms with Gasteiger partial charge in [0.25, 0.3) is 0 Å². The van der Waals surface area contributed by atoms with Crippen LogP contribution < -0.4 is 9.47 Å². The van der Waals surface area contributed by atoms with Crippen LogP contribution in [-0.2, 0) is 6.61 Å². The predicted octanol–water partition coefficient (Wildman–Crippen LogP) is 2.40. The summed E-state index contributed by atoms with van der Waals surface area (Å²) >= 11 is 0. The molecule has 4 heteroatoms. The Kier molecular flexibility index (Phi) is 3.01. The van der Waals surface area contributed by atoms with Gasteiger partial charge in [-0.05, 0) is 29.8 Å². The predicted molar refractivity (Wildman–Crippen MR) is 69.3 cm³/mol. The molecule has 1 aliphatic rings. The van der Waals surface area contributed by atoms with Gasteiger partial charge >= 0.3 is 0 Å². The molecule has 2 N–H and O–H groups in total. The third-order valence-corrected chi connectivity index (χ3v) is 3.08. The number of aromatic hydroxyl groups is 1. The number of hydrogen-bond acceptors (Lipinski definition) is 4. The lowest BCUT2D eigenvalue weighted by molar-refractivity contribution is 0.140. The van der Waals surface area contributed by atoms with Gasteiger partial charge in [-0.2, -0.15) is 0 Å². The van der Waals surface area contributed by atoms with E-state index < -0.39 is 6.10 Å². The zero-order chi connectivity index (χ0) is 13.2. The molecule has 0 bridgehead atoms. The van der Waals surface area contributed by atoms with Crippen LogP contribution in [-0.4, -0.2) is 16.8 Å². The van der Waals surface area contributed by atoms with Crippen molar-refractivity contribution in [2.75, 3.05) is 6.61 Å². The first-order chi connectivity index (χ1) is 9.22. The maximum absolute atomic E-state index is 9.62. The van der Waals surface area contributed by atoms with E-state index in [-0.39, 0.29) is 5.75 Å². The van der Waals surface area contributed by atoms with Gasteiger partial charge in [0.15, 0.2) is 0 Å². The summed E-state index contributed by atoms with van der Waals surface area (Å²) in [6.07, 6.45) is -0.541. The Morgan fingerprint density at radius 2 is 1.95 bits per heavy atom. The molecule has 1 aliphatic heterocycles. The zero-order valence-electron chi connectivity index (χ0n) is 10.2. The molecule has 2 aromatic rings. The molecule has 19 heavy (non-hydrogen) atoms. The van der Waals surface area contributed by atoms with Gasteiger partial charge in [-0.1, -0.05) is 12.1 Å². The molecule has 0 aromatic heterocycles. The van der Waals surface area contributed by atoms with Gasteiger partial charge in [-0.25, -0.2) is 0 Å². The minimum atomic E-state index is -0.541. The number of phenolic OH excluding ortho intramolecular Hbond substituents is 1. The van der Waals surface area contributed by atoms with Gasteiger partial charge in [0.05, 0.1) is 0 Å². The Balaban J connectivity index is 1.69. The van der Waals surface area contributed by atoms with E-state index in [2.05, 4.69) is 0 Å². The third-order valence-electron chi connectivity index (χ3n) is 3.08. The second-order valence-electron chi connectivity index (χ2n) is 4.48. The van der Waals surface area contributed by atoms with Crippen molar-refractivity contribution in [3.05, 3.63) is 53.6 Å². The van der Waals surface area contributed by atoms with Crippen LogP contribution in [0, 0.1) is 0 Å².